The van der Waals surface area contributed by atoms with Crippen molar-refractivity contribution in [1.82, 2.24) is 20.0 Å². The summed E-state index contributed by atoms with van der Waals surface area (Å²) in [5.74, 6) is 0.543. The molecule has 1 spiro atoms. The molecule has 4 aliphatic rings. The molecule has 3 amide bonds. The van der Waals surface area contributed by atoms with Crippen LogP contribution >= 0.6 is 0 Å². The lowest BCUT2D eigenvalue weighted by Crippen LogP contribution is -2.48. The molecule has 5 rings (SSSR count). The Kier molecular flexibility index (Phi) is 8.79. The molecule has 4 fully saturated rings. The molecule has 216 valence electrons. The largest absolute Gasteiger partial charge is 0.453 e. The summed E-state index contributed by atoms with van der Waals surface area (Å²) >= 11 is 0. The van der Waals surface area contributed by atoms with Gasteiger partial charge in [-0.15, -0.1) is 0 Å². The lowest BCUT2D eigenvalue weighted by molar-refractivity contribution is -0.127. The lowest BCUT2D eigenvalue weighted by atomic mass is 9.81. The number of nitrogens with one attached hydrogen (secondary N) is 1. The van der Waals surface area contributed by atoms with Crippen molar-refractivity contribution >= 4 is 18.1 Å². The van der Waals surface area contributed by atoms with E-state index in [-0.39, 0.29) is 30.1 Å². The van der Waals surface area contributed by atoms with E-state index < -0.39 is 5.60 Å². The van der Waals surface area contributed by atoms with Gasteiger partial charge in [0.15, 0.2) is 0 Å². The Morgan fingerprint density at radius 1 is 1.05 bits per heavy atom. The van der Waals surface area contributed by atoms with Crippen LogP contribution in [0.2, 0.25) is 0 Å². The minimum atomic E-state index is -0.390. The highest BCUT2D eigenvalue weighted by molar-refractivity contribution is 5.79. The zero-order valence-corrected chi connectivity index (χ0v) is 23.5. The Labute approximate surface area is 236 Å². The number of hydrogen-bond acceptors (Lipinski definition) is 7. The van der Waals surface area contributed by atoms with Crippen LogP contribution in [0.25, 0.3) is 0 Å². The van der Waals surface area contributed by atoms with Crippen LogP contribution < -0.4 is 5.32 Å². The van der Waals surface area contributed by atoms with E-state index in [1.165, 1.54) is 12.7 Å². The lowest BCUT2D eigenvalue weighted by Gasteiger charge is -2.37. The monoisotopic (exact) mass is 551 g/mol. The van der Waals surface area contributed by atoms with E-state index in [4.69, 9.17) is 14.7 Å². The summed E-state index contributed by atoms with van der Waals surface area (Å²) in [6, 6.07) is 10.00. The normalized spacial score (nSPS) is 25.4. The Morgan fingerprint density at radius 2 is 1.73 bits per heavy atom. The first kappa shape index (κ1) is 28.2. The van der Waals surface area contributed by atoms with Gasteiger partial charge in [-0.05, 0) is 62.1 Å². The van der Waals surface area contributed by atoms with Crippen molar-refractivity contribution in [2.24, 2.45) is 11.8 Å². The predicted molar refractivity (Wildman–Crippen MR) is 147 cm³/mol. The maximum atomic E-state index is 12.9. The molecule has 0 aromatic heterocycles. The molecule has 0 atom stereocenters. The number of methoxy groups -OCH3 is 1. The molecule has 0 unspecified atom stereocenters. The van der Waals surface area contributed by atoms with E-state index in [0.29, 0.717) is 37.7 Å². The maximum Gasteiger partial charge on any atom is 0.410 e. The second-order valence-corrected chi connectivity index (χ2v) is 12.0. The van der Waals surface area contributed by atoms with Gasteiger partial charge in [-0.25, -0.2) is 9.59 Å². The summed E-state index contributed by atoms with van der Waals surface area (Å²) in [4.78, 5) is 43.3. The predicted octanol–water partition coefficient (Wildman–Crippen LogP) is 3.50. The Bertz CT molecular complexity index is 1090. The highest BCUT2D eigenvalue weighted by Gasteiger charge is 2.47. The first-order valence-electron chi connectivity index (χ1n) is 14.7. The van der Waals surface area contributed by atoms with Gasteiger partial charge in [-0.1, -0.05) is 12.1 Å². The van der Waals surface area contributed by atoms with Gasteiger partial charge in [-0.3, -0.25) is 9.69 Å². The molecule has 40 heavy (non-hydrogen) atoms. The number of benzene rings is 1. The molecule has 1 aliphatic carbocycles. The minimum Gasteiger partial charge on any atom is -0.453 e. The summed E-state index contributed by atoms with van der Waals surface area (Å²) in [6.45, 7) is 5.16. The third kappa shape index (κ3) is 6.69. The van der Waals surface area contributed by atoms with E-state index in [1.54, 1.807) is 4.90 Å². The number of nitrogens with zero attached hydrogens (tertiary/aromatic N) is 4. The average molecular weight is 552 g/mol. The van der Waals surface area contributed by atoms with E-state index in [0.717, 1.165) is 71.0 Å². The third-order valence-electron chi connectivity index (χ3n) is 9.27. The van der Waals surface area contributed by atoms with Crippen molar-refractivity contribution in [3.63, 3.8) is 0 Å². The van der Waals surface area contributed by atoms with Crippen molar-refractivity contribution in [2.75, 3.05) is 46.4 Å². The standard InChI is InChI=1S/C30H41N5O5/c1-39-28(37)34-14-10-26(11-15-34)32-27(36)25-8-6-24(7-9-25)20-35-21-30(40-29(35)38)12-16-33(17-13-30)19-23-4-2-22(18-31)3-5-23/h2-5,24-26H,6-17,19-21H2,1H3,(H,32,36). The van der Waals surface area contributed by atoms with Gasteiger partial charge < -0.3 is 24.6 Å². The molecule has 1 N–H and O–H groups in total. The number of likely N-dealkylation sites (tertiary alicyclic amines) is 2. The number of piperidine rings is 2. The molecule has 10 nitrogen and oxygen atoms in total. The van der Waals surface area contributed by atoms with Crippen molar-refractivity contribution < 1.29 is 23.9 Å². The van der Waals surface area contributed by atoms with Crippen molar-refractivity contribution in [3.8, 4) is 6.07 Å². The number of amides is 3. The Morgan fingerprint density at radius 3 is 2.35 bits per heavy atom. The Hall–Kier alpha value is -3.32. The van der Waals surface area contributed by atoms with E-state index >= 15 is 0 Å². The van der Waals surface area contributed by atoms with Gasteiger partial charge in [-0.2, -0.15) is 5.26 Å². The number of carbonyl (C=O) groups is 3. The second-order valence-electron chi connectivity index (χ2n) is 12.0. The smallest absolute Gasteiger partial charge is 0.410 e. The topological polar surface area (TPSA) is 115 Å². The molecule has 3 heterocycles. The molecule has 0 radical (unpaired) electrons. The number of ether oxygens (including phenoxy) is 2. The van der Waals surface area contributed by atoms with Gasteiger partial charge >= 0.3 is 12.2 Å². The number of hydrogen-bond donors (Lipinski definition) is 1. The molecular weight excluding hydrogens is 510 g/mol. The molecule has 1 aromatic rings. The van der Waals surface area contributed by atoms with Crippen molar-refractivity contribution in [1.29, 1.82) is 5.26 Å². The van der Waals surface area contributed by atoms with Crippen LogP contribution in [-0.4, -0.2) is 90.8 Å². The maximum absolute atomic E-state index is 12.9. The summed E-state index contributed by atoms with van der Waals surface area (Å²) in [7, 11) is 1.39. The summed E-state index contributed by atoms with van der Waals surface area (Å²) in [5, 5.41) is 12.2. The minimum absolute atomic E-state index is 0.0205. The highest BCUT2D eigenvalue weighted by atomic mass is 16.6. The Balaban J connectivity index is 1.02. The number of nitriles is 1. The van der Waals surface area contributed by atoms with Gasteiger partial charge in [0.2, 0.25) is 5.91 Å². The van der Waals surface area contributed by atoms with Crippen LogP contribution in [-0.2, 0) is 20.8 Å². The van der Waals surface area contributed by atoms with Crippen LogP contribution in [0.1, 0.15) is 62.5 Å². The third-order valence-corrected chi connectivity index (χ3v) is 9.27. The van der Waals surface area contributed by atoms with E-state index in [1.807, 2.05) is 29.2 Å². The fourth-order valence-electron chi connectivity index (χ4n) is 6.73. The van der Waals surface area contributed by atoms with Crippen LogP contribution in [0.3, 0.4) is 0 Å². The number of carbonyl (C=O) groups excluding carboxylic acids is 3. The highest BCUT2D eigenvalue weighted by Crippen LogP contribution is 2.36. The van der Waals surface area contributed by atoms with Crippen LogP contribution in [0.5, 0.6) is 0 Å². The summed E-state index contributed by atoms with van der Waals surface area (Å²) in [5.41, 5.74) is 1.47. The fraction of sp³-hybridized carbons (Fsp3) is 0.667. The average Bonchev–Trinajstić information content (AvgIpc) is 3.28. The first-order chi connectivity index (χ1) is 19.4. The van der Waals surface area contributed by atoms with E-state index in [9.17, 15) is 14.4 Å². The summed E-state index contributed by atoms with van der Waals surface area (Å²) < 4.78 is 10.8. The molecule has 3 aliphatic heterocycles. The fourth-order valence-corrected chi connectivity index (χ4v) is 6.73. The van der Waals surface area contributed by atoms with Crippen LogP contribution in [0.15, 0.2) is 24.3 Å². The van der Waals surface area contributed by atoms with Crippen LogP contribution in [0, 0.1) is 23.2 Å². The quantitative estimate of drug-likeness (QED) is 0.575. The van der Waals surface area contributed by atoms with Gasteiger partial charge in [0.1, 0.15) is 5.60 Å². The second kappa shape index (κ2) is 12.5. The van der Waals surface area contributed by atoms with Crippen LogP contribution in [0.4, 0.5) is 9.59 Å². The van der Waals surface area contributed by atoms with Gasteiger partial charge in [0.05, 0.1) is 25.3 Å². The van der Waals surface area contributed by atoms with Crippen molar-refractivity contribution in [3.05, 3.63) is 35.4 Å². The van der Waals surface area contributed by atoms with Gasteiger partial charge in [0.25, 0.3) is 0 Å². The van der Waals surface area contributed by atoms with Crippen molar-refractivity contribution in [2.45, 2.75) is 69.6 Å². The molecule has 10 heteroatoms. The molecular formula is C30H41N5O5. The molecule has 0 bridgehead atoms. The summed E-state index contributed by atoms with van der Waals surface area (Å²) in [6.07, 6.45) is 6.23. The first-order valence-corrected chi connectivity index (χ1v) is 14.7. The molecule has 3 saturated heterocycles. The zero-order valence-electron chi connectivity index (χ0n) is 23.5. The van der Waals surface area contributed by atoms with Gasteiger partial charge in [0, 0.05) is 64.1 Å². The zero-order chi connectivity index (χ0) is 28.1. The molecule has 1 saturated carbocycles. The molecule has 1 aromatic carbocycles. The van der Waals surface area contributed by atoms with E-state index in [2.05, 4.69) is 16.3 Å². The SMILES string of the molecule is COC(=O)N1CCC(NC(=O)C2CCC(CN3CC4(CCN(Cc5ccc(C#N)cc5)CC4)OC3=O)CC2)CC1. The number of rotatable bonds is 6.